The molecule has 1 aliphatic rings. The van der Waals surface area contributed by atoms with E-state index in [0.29, 0.717) is 24.5 Å². The highest BCUT2D eigenvalue weighted by molar-refractivity contribution is 5.97. The lowest BCUT2D eigenvalue weighted by atomic mass is 10.2. The van der Waals surface area contributed by atoms with E-state index in [1.54, 1.807) is 24.3 Å². The number of hydrogen-bond acceptors (Lipinski definition) is 3. The summed E-state index contributed by atoms with van der Waals surface area (Å²) in [5.74, 6) is 0. The van der Waals surface area contributed by atoms with Gasteiger partial charge in [0.15, 0.2) is 0 Å². The molecule has 0 aromatic heterocycles. The van der Waals surface area contributed by atoms with E-state index in [1.807, 2.05) is 0 Å². The second kappa shape index (κ2) is 4.09. The van der Waals surface area contributed by atoms with Crippen molar-refractivity contribution in [2.24, 2.45) is 0 Å². The summed E-state index contributed by atoms with van der Waals surface area (Å²) in [5, 5.41) is 10.9. The summed E-state index contributed by atoms with van der Waals surface area (Å²) in [6.45, 7) is 0.747. The minimum absolute atomic E-state index is 0.320. The molecule has 2 N–H and O–H groups in total. The number of benzene rings is 1. The maximum atomic E-state index is 11.3. The van der Waals surface area contributed by atoms with Crippen LogP contribution in [-0.4, -0.2) is 30.4 Å². The van der Waals surface area contributed by atoms with E-state index < -0.39 is 12.2 Å². The van der Waals surface area contributed by atoms with Crippen molar-refractivity contribution in [1.29, 1.82) is 0 Å². The van der Waals surface area contributed by atoms with Gasteiger partial charge < -0.3 is 9.84 Å². The first kappa shape index (κ1) is 10.3. The van der Waals surface area contributed by atoms with Crippen LogP contribution in [0.4, 0.5) is 21.0 Å². The lowest BCUT2D eigenvalue weighted by Crippen LogP contribution is -2.25. The maximum absolute atomic E-state index is 11.3. The number of anilines is 2. The predicted octanol–water partition coefficient (Wildman–Crippen LogP) is 1.73. The van der Waals surface area contributed by atoms with Crippen LogP contribution in [-0.2, 0) is 4.74 Å². The molecule has 0 unspecified atom stereocenters. The SMILES string of the molecule is O=C(O)Nc1ccccc1N1CCOC1=O. The number of carboxylic acid groups (broad SMARTS) is 1. The van der Waals surface area contributed by atoms with Crippen LogP contribution in [0, 0.1) is 0 Å². The largest absolute Gasteiger partial charge is 0.465 e. The second-order valence-electron chi connectivity index (χ2n) is 3.21. The van der Waals surface area contributed by atoms with Gasteiger partial charge >= 0.3 is 12.2 Å². The highest BCUT2D eigenvalue weighted by atomic mass is 16.6. The highest BCUT2D eigenvalue weighted by Gasteiger charge is 2.25. The summed E-state index contributed by atoms with van der Waals surface area (Å²) in [6.07, 6.45) is -1.63. The first-order valence-corrected chi connectivity index (χ1v) is 4.72. The van der Waals surface area contributed by atoms with Gasteiger partial charge in [0.2, 0.25) is 0 Å². The Morgan fingerprint density at radius 2 is 2.19 bits per heavy atom. The van der Waals surface area contributed by atoms with E-state index in [1.165, 1.54) is 4.90 Å². The zero-order valence-electron chi connectivity index (χ0n) is 8.34. The van der Waals surface area contributed by atoms with Crippen molar-refractivity contribution in [2.75, 3.05) is 23.4 Å². The summed E-state index contributed by atoms with van der Waals surface area (Å²) >= 11 is 0. The van der Waals surface area contributed by atoms with Gasteiger partial charge in [0, 0.05) is 0 Å². The normalized spacial score (nSPS) is 14.8. The fourth-order valence-corrected chi connectivity index (χ4v) is 1.54. The van der Waals surface area contributed by atoms with Crippen LogP contribution < -0.4 is 10.2 Å². The topological polar surface area (TPSA) is 78.9 Å². The van der Waals surface area contributed by atoms with Crippen LogP contribution >= 0.6 is 0 Å². The molecule has 0 aliphatic carbocycles. The Morgan fingerprint density at radius 3 is 2.81 bits per heavy atom. The standard InChI is InChI=1S/C10H10N2O4/c13-9(14)11-7-3-1-2-4-8(7)12-5-6-16-10(12)15/h1-4,11H,5-6H2,(H,13,14). The number of nitrogens with zero attached hydrogens (tertiary/aromatic N) is 1. The van der Waals surface area contributed by atoms with Crippen LogP contribution in [0.3, 0.4) is 0 Å². The molecule has 1 fully saturated rings. The zero-order valence-corrected chi connectivity index (χ0v) is 8.34. The van der Waals surface area contributed by atoms with Gasteiger partial charge in [-0.3, -0.25) is 10.2 Å². The molecule has 2 amide bonds. The number of nitrogens with one attached hydrogen (secondary N) is 1. The molecule has 0 radical (unpaired) electrons. The number of cyclic esters (lactones) is 1. The number of carbonyl (C=O) groups is 2. The lowest BCUT2D eigenvalue weighted by molar-refractivity contribution is 0.181. The molecule has 84 valence electrons. The molecule has 1 aliphatic heterocycles. The van der Waals surface area contributed by atoms with Gasteiger partial charge in [-0.15, -0.1) is 0 Å². The second-order valence-corrected chi connectivity index (χ2v) is 3.21. The Labute approximate surface area is 91.4 Å². The predicted molar refractivity (Wildman–Crippen MR) is 56.8 cm³/mol. The molecule has 0 saturated carbocycles. The van der Waals surface area contributed by atoms with Crippen LogP contribution in [0.1, 0.15) is 0 Å². The van der Waals surface area contributed by atoms with Crippen molar-refractivity contribution in [3.8, 4) is 0 Å². The molecule has 0 spiro atoms. The van der Waals surface area contributed by atoms with E-state index in [4.69, 9.17) is 9.84 Å². The van der Waals surface area contributed by atoms with Gasteiger partial charge in [0.1, 0.15) is 6.61 Å². The minimum atomic E-state index is -1.17. The number of para-hydroxylation sites is 2. The van der Waals surface area contributed by atoms with Crippen molar-refractivity contribution >= 4 is 23.6 Å². The molecule has 0 atom stereocenters. The van der Waals surface area contributed by atoms with Crippen molar-refractivity contribution in [2.45, 2.75) is 0 Å². The molecule has 0 bridgehead atoms. The van der Waals surface area contributed by atoms with Gasteiger partial charge in [0.25, 0.3) is 0 Å². The Bertz CT molecular complexity index is 433. The van der Waals surface area contributed by atoms with Gasteiger partial charge in [0.05, 0.1) is 17.9 Å². The maximum Gasteiger partial charge on any atom is 0.414 e. The first-order valence-electron chi connectivity index (χ1n) is 4.72. The molecule has 6 nitrogen and oxygen atoms in total. The third-order valence-corrected chi connectivity index (χ3v) is 2.20. The summed E-state index contributed by atoms with van der Waals surface area (Å²) in [4.78, 5) is 23.3. The molecule has 16 heavy (non-hydrogen) atoms. The summed E-state index contributed by atoms with van der Waals surface area (Å²) in [6, 6.07) is 6.68. The lowest BCUT2D eigenvalue weighted by Gasteiger charge is -2.16. The zero-order chi connectivity index (χ0) is 11.5. The van der Waals surface area contributed by atoms with E-state index in [-0.39, 0.29) is 0 Å². The Hall–Kier alpha value is -2.24. The quantitative estimate of drug-likeness (QED) is 0.798. The fourth-order valence-electron chi connectivity index (χ4n) is 1.54. The number of ether oxygens (including phenoxy) is 1. The van der Waals surface area contributed by atoms with E-state index in [2.05, 4.69) is 5.32 Å². The smallest absolute Gasteiger partial charge is 0.414 e. The third kappa shape index (κ3) is 1.90. The average Bonchev–Trinajstić information content (AvgIpc) is 2.64. The molecule has 1 heterocycles. The van der Waals surface area contributed by atoms with E-state index in [9.17, 15) is 9.59 Å². The summed E-state index contributed by atoms with van der Waals surface area (Å²) < 4.78 is 4.79. The molecule has 6 heteroatoms. The highest BCUT2D eigenvalue weighted by Crippen LogP contribution is 2.27. The van der Waals surface area contributed by atoms with Crippen LogP contribution in [0.5, 0.6) is 0 Å². The molecular formula is C10H10N2O4. The van der Waals surface area contributed by atoms with Crippen LogP contribution in [0.2, 0.25) is 0 Å². The summed E-state index contributed by atoms with van der Waals surface area (Å²) in [7, 11) is 0. The first-order chi connectivity index (χ1) is 7.68. The number of rotatable bonds is 2. The molecule has 1 aromatic rings. The van der Waals surface area contributed by atoms with Gasteiger partial charge in [-0.25, -0.2) is 9.59 Å². The minimum Gasteiger partial charge on any atom is -0.465 e. The van der Waals surface area contributed by atoms with Crippen molar-refractivity contribution in [3.05, 3.63) is 24.3 Å². The molecular weight excluding hydrogens is 212 g/mol. The monoisotopic (exact) mass is 222 g/mol. The van der Waals surface area contributed by atoms with Crippen molar-refractivity contribution in [1.82, 2.24) is 0 Å². The number of hydrogen-bond donors (Lipinski definition) is 2. The Morgan fingerprint density at radius 1 is 1.44 bits per heavy atom. The fraction of sp³-hybridized carbons (Fsp3) is 0.200. The number of carbonyl (C=O) groups excluding carboxylic acids is 1. The third-order valence-electron chi connectivity index (χ3n) is 2.20. The van der Waals surface area contributed by atoms with Crippen LogP contribution in [0.25, 0.3) is 0 Å². The van der Waals surface area contributed by atoms with Gasteiger partial charge in [-0.1, -0.05) is 12.1 Å². The molecule has 1 saturated heterocycles. The van der Waals surface area contributed by atoms with E-state index in [0.717, 1.165) is 0 Å². The molecule has 1 aromatic carbocycles. The number of amides is 2. The average molecular weight is 222 g/mol. The Kier molecular flexibility index (Phi) is 2.63. The van der Waals surface area contributed by atoms with E-state index >= 15 is 0 Å². The van der Waals surface area contributed by atoms with Crippen LogP contribution in [0.15, 0.2) is 24.3 Å². The van der Waals surface area contributed by atoms with Crippen molar-refractivity contribution in [3.63, 3.8) is 0 Å². The van der Waals surface area contributed by atoms with Gasteiger partial charge in [-0.2, -0.15) is 0 Å². The summed E-state index contributed by atoms with van der Waals surface area (Å²) in [5.41, 5.74) is 0.876. The van der Waals surface area contributed by atoms with Crippen molar-refractivity contribution < 1.29 is 19.4 Å². The van der Waals surface area contributed by atoms with Gasteiger partial charge in [-0.05, 0) is 12.1 Å². The molecule has 2 rings (SSSR count). The Balaban J connectivity index is 2.32.